The molecular weight excluding hydrogens is 232 g/mol. The molecule has 17 heavy (non-hydrogen) atoms. The zero-order chi connectivity index (χ0) is 12.4. The molecule has 2 aromatic carbocycles. The maximum absolute atomic E-state index is 10.3. The second kappa shape index (κ2) is 4.91. The topological polar surface area (TPSA) is 20.2 Å². The standard InChI is InChI=1S/C15H15ClO/c1-10-3-6-12(7-4-10)15(17)13-8-5-11(2)9-14(13)16/h3-9,15,17H,1-2H3. The Morgan fingerprint density at radius 1 is 0.941 bits per heavy atom. The summed E-state index contributed by atoms with van der Waals surface area (Å²) in [5.74, 6) is 0. The van der Waals surface area contributed by atoms with Crippen LogP contribution in [-0.2, 0) is 0 Å². The molecule has 2 aromatic rings. The summed E-state index contributed by atoms with van der Waals surface area (Å²) in [5.41, 5.74) is 3.88. The van der Waals surface area contributed by atoms with Gasteiger partial charge in [-0.2, -0.15) is 0 Å². The molecule has 0 fully saturated rings. The van der Waals surface area contributed by atoms with Crippen molar-refractivity contribution in [3.05, 3.63) is 69.7 Å². The van der Waals surface area contributed by atoms with Crippen molar-refractivity contribution in [2.45, 2.75) is 20.0 Å². The summed E-state index contributed by atoms with van der Waals surface area (Å²) < 4.78 is 0. The number of aryl methyl sites for hydroxylation is 2. The molecule has 2 rings (SSSR count). The Morgan fingerprint density at radius 2 is 1.53 bits per heavy atom. The molecule has 1 nitrogen and oxygen atoms in total. The highest BCUT2D eigenvalue weighted by Gasteiger charge is 2.13. The second-order valence-corrected chi connectivity index (χ2v) is 4.75. The van der Waals surface area contributed by atoms with Crippen molar-refractivity contribution in [1.29, 1.82) is 0 Å². The summed E-state index contributed by atoms with van der Waals surface area (Å²) in [6.45, 7) is 4.00. The third-order valence-corrected chi connectivity index (χ3v) is 3.17. The molecule has 88 valence electrons. The average molecular weight is 247 g/mol. The van der Waals surface area contributed by atoms with Gasteiger partial charge in [-0.1, -0.05) is 53.6 Å². The minimum absolute atomic E-state index is 0.609. The van der Waals surface area contributed by atoms with Crippen LogP contribution in [0.3, 0.4) is 0 Å². The lowest BCUT2D eigenvalue weighted by Crippen LogP contribution is -2.00. The van der Waals surface area contributed by atoms with Crippen molar-refractivity contribution >= 4 is 11.6 Å². The molecule has 0 spiro atoms. The summed E-state index contributed by atoms with van der Waals surface area (Å²) in [7, 11) is 0. The van der Waals surface area contributed by atoms with Crippen molar-refractivity contribution in [2.75, 3.05) is 0 Å². The van der Waals surface area contributed by atoms with E-state index in [1.807, 2.05) is 56.3 Å². The minimum atomic E-state index is -0.663. The van der Waals surface area contributed by atoms with E-state index in [-0.39, 0.29) is 0 Å². The zero-order valence-corrected chi connectivity index (χ0v) is 10.7. The maximum atomic E-state index is 10.3. The molecule has 2 heteroatoms. The van der Waals surface area contributed by atoms with Gasteiger partial charge in [-0.3, -0.25) is 0 Å². The van der Waals surface area contributed by atoms with Crippen LogP contribution in [0.25, 0.3) is 0 Å². The number of halogens is 1. The molecule has 0 aliphatic rings. The lowest BCUT2D eigenvalue weighted by Gasteiger charge is -2.13. The molecule has 1 N–H and O–H groups in total. The molecule has 0 aromatic heterocycles. The lowest BCUT2D eigenvalue weighted by atomic mass is 9.99. The summed E-state index contributed by atoms with van der Waals surface area (Å²) >= 11 is 6.15. The first kappa shape index (κ1) is 12.2. The van der Waals surface area contributed by atoms with Gasteiger partial charge in [0.1, 0.15) is 6.10 Å². The zero-order valence-electron chi connectivity index (χ0n) is 9.94. The molecule has 0 saturated carbocycles. The maximum Gasteiger partial charge on any atom is 0.105 e. The SMILES string of the molecule is Cc1ccc(C(O)c2ccc(C)cc2Cl)cc1. The van der Waals surface area contributed by atoms with Crippen LogP contribution < -0.4 is 0 Å². The Morgan fingerprint density at radius 3 is 2.12 bits per heavy atom. The van der Waals surface area contributed by atoms with Gasteiger partial charge in [-0.25, -0.2) is 0 Å². The van der Waals surface area contributed by atoms with Crippen LogP contribution in [0.2, 0.25) is 5.02 Å². The first-order chi connectivity index (χ1) is 8.08. The number of benzene rings is 2. The van der Waals surface area contributed by atoms with Gasteiger partial charge in [0.15, 0.2) is 0 Å². The number of rotatable bonds is 2. The van der Waals surface area contributed by atoms with E-state index in [1.54, 1.807) is 0 Å². The van der Waals surface area contributed by atoms with Gasteiger partial charge in [0.05, 0.1) is 0 Å². The summed E-state index contributed by atoms with van der Waals surface area (Å²) in [5, 5.41) is 10.9. The predicted molar refractivity (Wildman–Crippen MR) is 71.4 cm³/mol. The van der Waals surface area contributed by atoms with E-state index in [0.717, 1.165) is 16.7 Å². The molecule has 0 heterocycles. The van der Waals surface area contributed by atoms with E-state index in [2.05, 4.69) is 0 Å². The van der Waals surface area contributed by atoms with Gasteiger partial charge in [-0.05, 0) is 31.0 Å². The highest BCUT2D eigenvalue weighted by molar-refractivity contribution is 6.31. The Balaban J connectivity index is 2.36. The molecule has 1 unspecified atom stereocenters. The van der Waals surface area contributed by atoms with E-state index in [9.17, 15) is 5.11 Å². The van der Waals surface area contributed by atoms with Gasteiger partial charge in [0.25, 0.3) is 0 Å². The van der Waals surface area contributed by atoms with Crippen LogP contribution in [0.15, 0.2) is 42.5 Å². The largest absolute Gasteiger partial charge is 0.384 e. The molecule has 0 aliphatic heterocycles. The monoisotopic (exact) mass is 246 g/mol. The third-order valence-electron chi connectivity index (χ3n) is 2.84. The van der Waals surface area contributed by atoms with Crippen LogP contribution in [0.5, 0.6) is 0 Å². The number of hydrogen-bond donors (Lipinski definition) is 1. The Labute approximate surface area is 107 Å². The third kappa shape index (κ3) is 2.68. The highest BCUT2D eigenvalue weighted by atomic mass is 35.5. The number of aliphatic hydroxyl groups excluding tert-OH is 1. The Kier molecular flexibility index (Phi) is 3.51. The average Bonchev–Trinajstić information content (AvgIpc) is 2.29. The minimum Gasteiger partial charge on any atom is -0.384 e. The lowest BCUT2D eigenvalue weighted by molar-refractivity contribution is 0.220. The van der Waals surface area contributed by atoms with Crippen LogP contribution in [0.1, 0.15) is 28.4 Å². The van der Waals surface area contributed by atoms with E-state index in [4.69, 9.17) is 11.6 Å². The van der Waals surface area contributed by atoms with Crippen LogP contribution in [0, 0.1) is 13.8 Å². The molecule has 0 radical (unpaired) electrons. The fourth-order valence-electron chi connectivity index (χ4n) is 1.78. The van der Waals surface area contributed by atoms with Crippen molar-refractivity contribution in [2.24, 2.45) is 0 Å². The Hall–Kier alpha value is -1.31. The summed E-state index contributed by atoms with van der Waals surface area (Å²) in [6, 6.07) is 13.5. The van der Waals surface area contributed by atoms with Crippen molar-refractivity contribution in [3.8, 4) is 0 Å². The van der Waals surface area contributed by atoms with Gasteiger partial charge >= 0.3 is 0 Å². The number of hydrogen-bond acceptors (Lipinski definition) is 1. The molecule has 0 amide bonds. The van der Waals surface area contributed by atoms with E-state index in [1.165, 1.54) is 5.56 Å². The summed E-state index contributed by atoms with van der Waals surface area (Å²) in [4.78, 5) is 0. The predicted octanol–water partition coefficient (Wildman–Crippen LogP) is 4.04. The first-order valence-electron chi connectivity index (χ1n) is 5.58. The molecule has 0 aliphatic carbocycles. The smallest absolute Gasteiger partial charge is 0.105 e. The fraction of sp³-hybridized carbons (Fsp3) is 0.200. The first-order valence-corrected chi connectivity index (χ1v) is 5.96. The van der Waals surface area contributed by atoms with E-state index < -0.39 is 6.10 Å². The number of aliphatic hydroxyl groups is 1. The quantitative estimate of drug-likeness (QED) is 0.848. The van der Waals surface area contributed by atoms with Gasteiger partial charge in [0, 0.05) is 10.6 Å². The normalized spacial score (nSPS) is 12.5. The van der Waals surface area contributed by atoms with Crippen molar-refractivity contribution in [3.63, 3.8) is 0 Å². The van der Waals surface area contributed by atoms with Gasteiger partial charge in [0.2, 0.25) is 0 Å². The molecule has 1 atom stereocenters. The highest BCUT2D eigenvalue weighted by Crippen LogP contribution is 2.28. The van der Waals surface area contributed by atoms with E-state index in [0.29, 0.717) is 5.02 Å². The van der Waals surface area contributed by atoms with Gasteiger partial charge in [-0.15, -0.1) is 0 Å². The molecule has 0 saturated heterocycles. The van der Waals surface area contributed by atoms with Gasteiger partial charge < -0.3 is 5.11 Å². The van der Waals surface area contributed by atoms with Crippen LogP contribution in [-0.4, -0.2) is 5.11 Å². The second-order valence-electron chi connectivity index (χ2n) is 4.34. The molecular formula is C15H15ClO. The van der Waals surface area contributed by atoms with E-state index >= 15 is 0 Å². The Bertz CT molecular complexity index is 517. The summed E-state index contributed by atoms with van der Waals surface area (Å²) in [6.07, 6.45) is -0.663. The fourth-order valence-corrected chi connectivity index (χ4v) is 2.12. The van der Waals surface area contributed by atoms with Crippen molar-refractivity contribution < 1.29 is 5.11 Å². The molecule has 0 bridgehead atoms. The van der Waals surface area contributed by atoms with Crippen LogP contribution in [0.4, 0.5) is 0 Å². The van der Waals surface area contributed by atoms with Crippen LogP contribution >= 0.6 is 11.6 Å². The van der Waals surface area contributed by atoms with Crippen molar-refractivity contribution in [1.82, 2.24) is 0 Å².